The van der Waals surface area contributed by atoms with Crippen LogP contribution in [0.5, 0.6) is 11.5 Å². The number of urea groups is 1. The number of benzene rings is 1. The van der Waals surface area contributed by atoms with Crippen molar-refractivity contribution in [1.29, 1.82) is 0 Å². The number of carbonyl (C=O) groups is 1. The lowest BCUT2D eigenvalue weighted by Crippen LogP contribution is -2.46. The van der Waals surface area contributed by atoms with Gasteiger partial charge < -0.3 is 24.4 Å². The van der Waals surface area contributed by atoms with Crippen LogP contribution in [-0.4, -0.2) is 51.5 Å². The van der Waals surface area contributed by atoms with Crippen molar-refractivity contribution in [2.45, 2.75) is 19.4 Å². The second kappa shape index (κ2) is 9.80. The summed E-state index contributed by atoms with van der Waals surface area (Å²) < 4.78 is 15.9. The number of hydrogen-bond donors (Lipinski definition) is 1. The molecule has 0 spiro atoms. The van der Waals surface area contributed by atoms with Crippen LogP contribution in [0.15, 0.2) is 18.2 Å². The number of rotatable bonds is 7. The Bertz CT molecular complexity index is 612. The minimum Gasteiger partial charge on any atom is -0.493 e. The quantitative estimate of drug-likeness (QED) is 0.608. The van der Waals surface area contributed by atoms with Crippen molar-refractivity contribution >= 4 is 6.03 Å². The molecule has 1 fully saturated rings. The number of amides is 2. The maximum Gasteiger partial charge on any atom is 0.317 e. The monoisotopic (exact) mass is 346 g/mol. The summed E-state index contributed by atoms with van der Waals surface area (Å²) in [5.74, 6) is 4.13. The van der Waals surface area contributed by atoms with E-state index in [0.29, 0.717) is 43.7 Å². The molecule has 1 N–H and O–H groups in total. The first-order chi connectivity index (χ1) is 12.2. The molecule has 6 nitrogen and oxygen atoms in total. The molecule has 1 atom stereocenters. The summed E-state index contributed by atoms with van der Waals surface area (Å²) >= 11 is 0. The number of piperidine rings is 1. The van der Waals surface area contributed by atoms with Crippen molar-refractivity contribution in [2.75, 3.05) is 40.5 Å². The summed E-state index contributed by atoms with van der Waals surface area (Å²) in [6.45, 7) is 2.82. The average molecular weight is 346 g/mol. The zero-order valence-electron chi connectivity index (χ0n) is 14.9. The first-order valence-corrected chi connectivity index (χ1v) is 8.42. The molecule has 2 amide bonds. The minimum atomic E-state index is -0.0589. The lowest BCUT2D eigenvalue weighted by atomic mass is 9.99. The van der Waals surface area contributed by atoms with Crippen molar-refractivity contribution < 1.29 is 19.0 Å². The van der Waals surface area contributed by atoms with Gasteiger partial charge in [0.1, 0.15) is 6.61 Å². The van der Waals surface area contributed by atoms with Gasteiger partial charge in [0.2, 0.25) is 0 Å². The fourth-order valence-corrected chi connectivity index (χ4v) is 2.95. The fraction of sp³-hybridized carbons (Fsp3) is 0.526. The highest BCUT2D eigenvalue weighted by Crippen LogP contribution is 2.27. The van der Waals surface area contributed by atoms with Crippen molar-refractivity contribution in [3.63, 3.8) is 0 Å². The number of carbonyl (C=O) groups excluding carboxylic acids is 1. The number of nitrogens with zero attached hydrogens (tertiary/aromatic N) is 1. The summed E-state index contributed by atoms with van der Waals surface area (Å²) in [4.78, 5) is 14.3. The largest absolute Gasteiger partial charge is 0.493 e. The molecule has 2 rings (SSSR count). The van der Waals surface area contributed by atoms with Crippen LogP contribution in [0.1, 0.15) is 18.4 Å². The van der Waals surface area contributed by atoms with Gasteiger partial charge in [0.25, 0.3) is 0 Å². The fourth-order valence-electron chi connectivity index (χ4n) is 2.95. The average Bonchev–Trinajstić information content (AvgIpc) is 2.66. The maximum absolute atomic E-state index is 12.4. The van der Waals surface area contributed by atoms with E-state index in [1.165, 1.54) is 0 Å². The zero-order chi connectivity index (χ0) is 18.1. The summed E-state index contributed by atoms with van der Waals surface area (Å²) in [6, 6.07) is 5.55. The Balaban J connectivity index is 1.84. The van der Waals surface area contributed by atoms with Crippen LogP contribution in [0.2, 0.25) is 0 Å². The summed E-state index contributed by atoms with van der Waals surface area (Å²) in [7, 11) is 3.19. The molecule has 1 saturated heterocycles. The third-order valence-corrected chi connectivity index (χ3v) is 4.24. The molecule has 0 saturated carbocycles. The van der Waals surface area contributed by atoms with E-state index in [9.17, 15) is 4.79 Å². The molecule has 1 aromatic carbocycles. The predicted octanol–water partition coefficient (Wildman–Crippen LogP) is 2.28. The minimum absolute atomic E-state index is 0.0589. The summed E-state index contributed by atoms with van der Waals surface area (Å²) in [5.41, 5.74) is 0.955. The van der Waals surface area contributed by atoms with Gasteiger partial charge in [-0.25, -0.2) is 4.79 Å². The van der Waals surface area contributed by atoms with E-state index in [0.717, 1.165) is 24.9 Å². The highest BCUT2D eigenvalue weighted by atomic mass is 16.5. The molecule has 0 bridgehead atoms. The van der Waals surface area contributed by atoms with Gasteiger partial charge in [0.15, 0.2) is 11.5 Å². The van der Waals surface area contributed by atoms with Crippen LogP contribution >= 0.6 is 0 Å². The summed E-state index contributed by atoms with van der Waals surface area (Å²) in [5, 5.41) is 2.96. The highest BCUT2D eigenvalue weighted by Gasteiger charge is 2.23. The van der Waals surface area contributed by atoms with Crippen LogP contribution in [-0.2, 0) is 11.3 Å². The van der Waals surface area contributed by atoms with Crippen LogP contribution in [0.3, 0.4) is 0 Å². The van der Waals surface area contributed by atoms with Crippen LogP contribution < -0.4 is 14.8 Å². The normalized spacial score (nSPS) is 16.8. The van der Waals surface area contributed by atoms with Gasteiger partial charge >= 0.3 is 6.03 Å². The number of likely N-dealkylation sites (tertiary alicyclic amines) is 1. The Morgan fingerprint density at radius 3 is 2.88 bits per heavy atom. The Labute approximate surface area is 149 Å². The Morgan fingerprint density at radius 1 is 1.36 bits per heavy atom. The van der Waals surface area contributed by atoms with Crippen molar-refractivity contribution in [3.8, 4) is 23.8 Å². The lowest BCUT2D eigenvalue weighted by molar-refractivity contribution is 0.0857. The first-order valence-electron chi connectivity index (χ1n) is 8.42. The molecule has 1 aromatic rings. The topological polar surface area (TPSA) is 60.0 Å². The van der Waals surface area contributed by atoms with E-state index in [2.05, 4.69) is 11.2 Å². The van der Waals surface area contributed by atoms with E-state index >= 15 is 0 Å². The Hall–Kier alpha value is -2.39. The molecule has 0 radical (unpaired) electrons. The van der Waals surface area contributed by atoms with Gasteiger partial charge in [-0.05, 0) is 30.5 Å². The molecule has 1 heterocycles. The van der Waals surface area contributed by atoms with Crippen molar-refractivity contribution in [2.24, 2.45) is 5.92 Å². The Morgan fingerprint density at radius 2 is 2.16 bits per heavy atom. The summed E-state index contributed by atoms with van der Waals surface area (Å²) in [6.07, 6.45) is 7.23. The van der Waals surface area contributed by atoms with Gasteiger partial charge in [-0.15, -0.1) is 6.42 Å². The highest BCUT2D eigenvalue weighted by molar-refractivity contribution is 5.74. The zero-order valence-corrected chi connectivity index (χ0v) is 14.9. The third-order valence-electron chi connectivity index (χ3n) is 4.24. The first kappa shape index (κ1) is 18.9. The van der Waals surface area contributed by atoms with Gasteiger partial charge in [-0.1, -0.05) is 12.0 Å². The molecule has 136 valence electrons. The number of nitrogens with one attached hydrogen (secondary N) is 1. The molecular formula is C19H26N2O4. The van der Waals surface area contributed by atoms with Crippen molar-refractivity contribution in [3.05, 3.63) is 23.8 Å². The lowest BCUT2D eigenvalue weighted by Gasteiger charge is -2.32. The molecule has 0 aromatic heterocycles. The number of methoxy groups -OCH3 is 2. The standard InChI is InChI=1S/C19H26N2O4/c1-4-10-25-14-16-6-5-9-21(13-16)19(22)20-12-15-7-8-17(23-2)18(11-15)24-3/h1,7-8,11,16H,5-6,9-10,12-14H2,2-3H3,(H,20,22). The van der Waals surface area contributed by atoms with Gasteiger partial charge in [0, 0.05) is 25.6 Å². The molecule has 25 heavy (non-hydrogen) atoms. The van der Waals surface area contributed by atoms with Crippen LogP contribution in [0.4, 0.5) is 4.79 Å². The van der Waals surface area contributed by atoms with Gasteiger partial charge in [0.05, 0.1) is 20.8 Å². The SMILES string of the molecule is C#CCOCC1CCCN(C(=O)NCc2ccc(OC)c(OC)c2)C1. The number of hydrogen-bond acceptors (Lipinski definition) is 4. The maximum atomic E-state index is 12.4. The van der Waals surface area contributed by atoms with E-state index in [1.807, 2.05) is 23.1 Å². The number of ether oxygens (including phenoxy) is 3. The van der Waals surface area contributed by atoms with Crippen molar-refractivity contribution in [1.82, 2.24) is 10.2 Å². The molecule has 6 heteroatoms. The second-order valence-electron chi connectivity index (χ2n) is 6.02. The van der Waals surface area contributed by atoms with E-state index in [4.69, 9.17) is 20.6 Å². The smallest absolute Gasteiger partial charge is 0.317 e. The van der Waals surface area contributed by atoms with Gasteiger partial charge in [-0.2, -0.15) is 0 Å². The van der Waals surface area contributed by atoms with E-state index in [-0.39, 0.29) is 6.03 Å². The molecule has 1 aliphatic rings. The molecular weight excluding hydrogens is 320 g/mol. The van der Waals surface area contributed by atoms with Gasteiger partial charge in [-0.3, -0.25) is 0 Å². The Kier molecular flexibility index (Phi) is 7.42. The van der Waals surface area contributed by atoms with E-state index < -0.39 is 0 Å². The van der Waals surface area contributed by atoms with Crippen LogP contribution in [0, 0.1) is 18.3 Å². The second-order valence-corrected chi connectivity index (χ2v) is 6.02. The molecule has 1 unspecified atom stereocenters. The van der Waals surface area contributed by atoms with E-state index in [1.54, 1.807) is 14.2 Å². The third kappa shape index (κ3) is 5.57. The number of terminal acetylenes is 1. The van der Waals surface area contributed by atoms with Crippen LogP contribution in [0.25, 0.3) is 0 Å². The molecule has 1 aliphatic heterocycles. The predicted molar refractivity (Wildman–Crippen MR) is 95.7 cm³/mol. The molecule has 0 aliphatic carbocycles.